The van der Waals surface area contributed by atoms with Crippen molar-refractivity contribution < 1.29 is 19.0 Å². The van der Waals surface area contributed by atoms with Gasteiger partial charge in [-0.05, 0) is 54.7 Å². The summed E-state index contributed by atoms with van der Waals surface area (Å²) in [4.78, 5) is 18.9. The van der Waals surface area contributed by atoms with Crippen LogP contribution in [0.3, 0.4) is 0 Å². The predicted octanol–water partition coefficient (Wildman–Crippen LogP) is 3.30. The van der Waals surface area contributed by atoms with Crippen LogP contribution in [0.5, 0.6) is 5.75 Å². The minimum absolute atomic E-state index is 0.0611. The molecule has 9 nitrogen and oxygen atoms in total. The van der Waals surface area contributed by atoms with Crippen molar-refractivity contribution in [3.63, 3.8) is 0 Å². The number of pyridine rings is 1. The average Bonchev–Trinajstić information content (AvgIpc) is 3.47. The smallest absolute Gasteiger partial charge is 0.250 e. The van der Waals surface area contributed by atoms with Crippen LogP contribution in [0.4, 0.5) is 11.4 Å². The summed E-state index contributed by atoms with van der Waals surface area (Å²) >= 11 is 5.83. The summed E-state index contributed by atoms with van der Waals surface area (Å²) in [7, 11) is 4.73. The molecule has 0 bridgehead atoms. The third-order valence-electron chi connectivity index (χ3n) is 5.81. The van der Waals surface area contributed by atoms with E-state index in [1.807, 2.05) is 48.7 Å². The fourth-order valence-electron chi connectivity index (χ4n) is 4.28. The molecule has 3 aromatic rings. The molecule has 1 aliphatic rings. The zero-order chi connectivity index (χ0) is 24.8. The fourth-order valence-corrected chi connectivity index (χ4v) is 4.63. The van der Waals surface area contributed by atoms with Crippen LogP contribution in [0.2, 0.25) is 0 Å². The Bertz CT molecular complexity index is 1170. The highest BCUT2D eigenvalue weighted by molar-refractivity contribution is 7.80. The molecule has 0 radical (unpaired) electrons. The fraction of sp³-hybridized carbons (Fsp3) is 0.320. The Kier molecular flexibility index (Phi) is 7.96. The number of amides is 1. The molecule has 1 aromatic carbocycles. The van der Waals surface area contributed by atoms with E-state index < -0.39 is 0 Å². The van der Waals surface area contributed by atoms with E-state index in [-0.39, 0.29) is 24.6 Å². The highest BCUT2D eigenvalue weighted by Crippen LogP contribution is 2.43. The lowest BCUT2D eigenvalue weighted by molar-refractivity contribution is -0.119. The minimum Gasteiger partial charge on any atom is -0.495 e. The van der Waals surface area contributed by atoms with Gasteiger partial charge in [0, 0.05) is 44.5 Å². The van der Waals surface area contributed by atoms with Gasteiger partial charge in [-0.3, -0.25) is 9.78 Å². The first-order valence-electron chi connectivity index (χ1n) is 11.2. The molecule has 2 unspecified atom stereocenters. The standard InChI is InChI=1S/C25H29N5O4S/c1-32-14-13-29-12-6-8-20(29)24-23(18-7-4-5-11-26-18)28-25(35)30(24)17-9-10-21(34-3)19(15-17)27-22(31)16-33-2/h4-12,15,23-24H,13-14,16H2,1-3H3,(H,27,31)(H,28,35). The molecule has 2 N–H and O–H groups in total. The number of rotatable bonds is 10. The lowest BCUT2D eigenvalue weighted by atomic mass is 10.0. The van der Waals surface area contributed by atoms with Gasteiger partial charge in [0.05, 0.1) is 31.1 Å². The molecule has 0 saturated carbocycles. The van der Waals surface area contributed by atoms with Gasteiger partial charge in [0.15, 0.2) is 5.11 Å². The molecule has 1 aliphatic heterocycles. The number of nitrogens with one attached hydrogen (secondary N) is 2. The maximum absolute atomic E-state index is 12.2. The maximum Gasteiger partial charge on any atom is 0.250 e. The largest absolute Gasteiger partial charge is 0.495 e. The molecule has 2 atom stereocenters. The van der Waals surface area contributed by atoms with Crippen LogP contribution in [-0.4, -0.2) is 55.1 Å². The molecule has 35 heavy (non-hydrogen) atoms. The quantitative estimate of drug-likeness (QED) is 0.414. The molecule has 0 spiro atoms. The second-order valence-electron chi connectivity index (χ2n) is 7.98. The van der Waals surface area contributed by atoms with Gasteiger partial charge in [0.1, 0.15) is 18.4 Å². The molecule has 10 heteroatoms. The number of thiocarbonyl (C=S) groups is 1. The van der Waals surface area contributed by atoms with E-state index in [0.717, 1.165) is 17.1 Å². The molecule has 3 heterocycles. The van der Waals surface area contributed by atoms with E-state index in [2.05, 4.69) is 31.2 Å². The number of anilines is 2. The Labute approximate surface area is 210 Å². The van der Waals surface area contributed by atoms with E-state index in [1.165, 1.54) is 7.11 Å². The first kappa shape index (κ1) is 24.6. The Morgan fingerprint density at radius 2 is 2.00 bits per heavy atom. The number of hydrogen-bond acceptors (Lipinski definition) is 6. The van der Waals surface area contributed by atoms with Crippen LogP contribution in [0.1, 0.15) is 23.5 Å². The van der Waals surface area contributed by atoms with Crippen molar-refractivity contribution in [3.8, 4) is 5.75 Å². The zero-order valence-electron chi connectivity index (χ0n) is 19.9. The topological polar surface area (TPSA) is 89.9 Å². The predicted molar refractivity (Wildman–Crippen MR) is 138 cm³/mol. The van der Waals surface area contributed by atoms with Gasteiger partial charge in [-0.15, -0.1) is 0 Å². The van der Waals surface area contributed by atoms with Crippen molar-refractivity contribution in [2.45, 2.75) is 18.6 Å². The van der Waals surface area contributed by atoms with Crippen LogP contribution in [0.15, 0.2) is 60.9 Å². The van der Waals surface area contributed by atoms with Crippen LogP contribution in [0.25, 0.3) is 0 Å². The minimum atomic E-state index is -0.276. The van der Waals surface area contributed by atoms with E-state index in [9.17, 15) is 4.79 Å². The SMILES string of the molecule is COCCn1cccc1C1C(c2ccccn2)NC(=S)N1c1ccc(OC)c(NC(=O)COC)c1. The number of ether oxygens (including phenoxy) is 3. The van der Waals surface area contributed by atoms with Gasteiger partial charge in [0.2, 0.25) is 5.91 Å². The van der Waals surface area contributed by atoms with Crippen LogP contribution >= 0.6 is 12.2 Å². The van der Waals surface area contributed by atoms with E-state index in [0.29, 0.717) is 29.7 Å². The third kappa shape index (κ3) is 5.29. The number of benzene rings is 1. The first-order valence-corrected chi connectivity index (χ1v) is 11.6. The summed E-state index contributed by atoms with van der Waals surface area (Å²) in [5.74, 6) is 0.263. The van der Waals surface area contributed by atoms with Crippen LogP contribution in [0, 0.1) is 0 Å². The highest BCUT2D eigenvalue weighted by Gasteiger charge is 2.42. The van der Waals surface area contributed by atoms with E-state index in [4.69, 9.17) is 26.4 Å². The average molecular weight is 496 g/mol. The molecule has 2 aromatic heterocycles. The van der Waals surface area contributed by atoms with Gasteiger partial charge in [-0.25, -0.2) is 0 Å². The number of hydrogen-bond donors (Lipinski definition) is 2. The van der Waals surface area contributed by atoms with E-state index in [1.54, 1.807) is 20.4 Å². The molecular formula is C25H29N5O4S. The Balaban J connectivity index is 1.78. The van der Waals surface area contributed by atoms with Gasteiger partial charge in [0.25, 0.3) is 0 Å². The molecular weight excluding hydrogens is 466 g/mol. The van der Waals surface area contributed by atoms with Crippen LogP contribution in [-0.2, 0) is 20.8 Å². The van der Waals surface area contributed by atoms with Crippen molar-refractivity contribution in [3.05, 3.63) is 72.3 Å². The van der Waals surface area contributed by atoms with Crippen molar-refractivity contribution in [2.24, 2.45) is 0 Å². The van der Waals surface area contributed by atoms with Gasteiger partial charge < -0.3 is 34.3 Å². The summed E-state index contributed by atoms with van der Waals surface area (Å²) in [5, 5.41) is 6.88. The molecule has 4 rings (SSSR count). The molecule has 1 amide bonds. The number of aromatic nitrogens is 2. The van der Waals surface area contributed by atoms with Gasteiger partial charge in [-0.1, -0.05) is 6.07 Å². The second kappa shape index (κ2) is 11.3. The molecule has 0 aliphatic carbocycles. The van der Waals surface area contributed by atoms with E-state index >= 15 is 0 Å². The Morgan fingerprint density at radius 3 is 2.71 bits per heavy atom. The normalized spacial score (nSPS) is 17.3. The van der Waals surface area contributed by atoms with Gasteiger partial charge in [-0.2, -0.15) is 0 Å². The number of carbonyl (C=O) groups is 1. The number of nitrogens with zero attached hydrogens (tertiary/aromatic N) is 3. The molecule has 1 saturated heterocycles. The molecule has 184 valence electrons. The van der Waals surface area contributed by atoms with Crippen molar-refractivity contribution in [1.29, 1.82) is 0 Å². The summed E-state index contributed by atoms with van der Waals surface area (Å²) in [6.07, 6.45) is 3.81. The van der Waals surface area contributed by atoms with Gasteiger partial charge >= 0.3 is 0 Å². The first-order chi connectivity index (χ1) is 17.1. The van der Waals surface area contributed by atoms with Crippen molar-refractivity contribution in [2.75, 3.05) is 44.8 Å². The second-order valence-corrected chi connectivity index (χ2v) is 8.37. The maximum atomic E-state index is 12.2. The highest BCUT2D eigenvalue weighted by atomic mass is 32.1. The lowest BCUT2D eigenvalue weighted by Crippen LogP contribution is -2.30. The summed E-state index contributed by atoms with van der Waals surface area (Å²) in [6, 6.07) is 15.2. The summed E-state index contributed by atoms with van der Waals surface area (Å²) in [6.45, 7) is 1.22. The van der Waals surface area contributed by atoms with Crippen molar-refractivity contribution >= 4 is 34.6 Å². The monoisotopic (exact) mass is 495 g/mol. The van der Waals surface area contributed by atoms with Crippen molar-refractivity contribution in [1.82, 2.24) is 14.9 Å². The summed E-state index contributed by atoms with van der Waals surface area (Å²) in [5.41, 5.74) is 3.28. The molecule has 1 fully saturated rings. The Morgan fingerprint density at radius 1 is 1.14 bits per heavy atom. The number of methoxy groups -OCH3 is 3. The summed E-state index contributed by atoms with van der Waals surface area (Å²) < 4.78 is 17.9. The third-order valence-corrected chi connectivity index (χ3v) is 6.13. The number of carbonyl (C=O) groups excluding carboxylic acids is 1. The van der Waals surface area contributed by atoms with Crippen LogP contribution < -0.4 is 20.3 Å². The zero-order valence-corrected chi connectivity index (χ0v) is 20.7. The Hall–Kier alpha value is -3.47. The lowest BCUT2D eigenvalue weighted by Gasteiger charge is -2.29.